The molecule has 0 fully saturated rings. The molecule has 0 spiro atoms. The van der Waals surface area contributed by atoms with E-state index >= 15 is 0 Å². The number of halogens is 1. The minimum absolute atomic E-state index is 0. The first-order valence-corrected chi connectivity index (χ1v) is 3.07. The fraction of sp³-hybridized carbons (Fsp3) is 0. The van der Waals surface area contributed by atoms with Crippen LogP contribution in [0.15, 0.2) is 30.3 Å². The number of carbonyl (C=O) groups excluding carboxylic acids is 1. The average molecular weight is 299 g/mol. The molecule has 72 valence electrons. The predicted octanol–water partition coefficient (Wildman–Crippen LogP) is 1.68. The third-order valence-corrected chi connectivity index (χ3v) is 0.892. The topological polar surface area (TPSA) is 17.1 Å². The predicted molar refractivity (Wildman–Crippen MR) is 54.6 cm³/mol. The van der Waals surface area contributed by atoms with E-state index in [1.54, 1.807) is 30.6 Å². The van der Waals surface area contributed by atoms with Gasteiger partial charge in [0.25, 0.3) is 0 Å². The van der Waals surface area contributed by atoms with Gasteiger partial charge in [0.2, 0.25) is 0 Å². The van der Waals surface area contributed by atoms with Crippen LogP contribution in [0.2, 0.25) is 0 Å². The van der Waals surface area contributed by atoms with Gasteiger partial charge in [-0.3, -0.25) is 0 Å². The van der Waals surface area contributed by atoms with Gasteiger partial charge in [0.1, 0.15) is 0 Å². The van der Waals surface area contributed by atoms with Crippen molar-refractivity contribution < 1.29 is 27.7 Å². The van der Waals surface area contributed by atoms with Crippen molar-refractivity contribution in [3.8, 4) is 0 Å². The van der Waals surface area contributed by atoms with Crippen LogP contribution in [-0.4, -0.2) is 6.29 Å². The van der Waals surface area contributed by atoms with E-state index in [4.69, 9.17) is 0 Å². The molecule has 0 saturated carbocycles. The van der Waals surface area contributed by atoms with Crippen LogP contribution in [0, 0.1) is 0 Å². The molecule has 0 bridgehead atoms. The summed E-state index contributed by atoms with van der Waals surface area (Å²) in [6.45, 7) is 0. The van der Waals surface area contributed by atoms with Gasteiger partial charge >= 0.3 is 22.9 Å². The van der Waals surface area contributed by atoms with E-state index in [-0.39, 0.29) is 19.8 Å². The molecule has 0 saturated heterocycles. The molecule has 1 rings (SSSR count). The Bertz CT molecular complexity index is 184. The normalized spacial score (nSPS) is 6.25. The molecule has 12 heavy (non-hydrogen) atoms. The summed E-state index contributed by atoms with van der Waals surface area (Å²) < 4.78 is 9.35. The van der Waals surface area contributed by atoms with Crippen LogP contribution in [0.25, 0.3) is 0 Å². The van der Waals surface area contributed by atoms with Crippen LogP contribution in [0.3, 0.4) is 0 Å². The number of rotatable bonds is 1. The van der Waals surface area contributed by atoms with E-state index in [9.17, 15) is 8.02 Å². The monoisotopic (exact) mass is 298 g/mol. The Balaban J connectivity index is -0.000000189. The molecule has 0 aliphatic heterocycles. The van der Waals surface area contributed by atoms with Gasteiger partial charge in [0.15, 0.2) is 0 Å². The molecule has 0 aliphatic carbocycles. The van der Waals surface area contributed by atoms with Crippen LogP contribution in [0.5, 0.6) is 0 Å². The van der Waals surface area contributed by atoms with Crippen molar-refractivity contribution in [3.05, 3.63) is 35.9 Å². The van der Waals surface area contributed by atoms with Gasteiger partial charge in [-0.25, -0.2) is 0 Å². The van der Waals surface area contributed by atoms with Crippen LogP contribution in [0.1, 0.15) is 5.56 Å². The van der Waals surface area contributed by atoms with Crippen LogP contribution in [-0.2, 0) is 24.5 Å². The minimum atomic E-state index is 0. The Hall–Kier alpha value is 0.342. The zero-order valence-electron chi connectivity index (χ0n) is 6.40. The zero-order chi connectivity index (χ0) is 7.82. The van der Waals surface area contributed by atoms with Gasteiger partial charge in [0.05, 0.1) is 6.29 Å². The van der Waals surface area contributed by atoms with E-state index in [2.05, 4.69) is 0 Å². The molecule has 1 nitrogen and oxygen atoms in total. The third kappa shape index (κ3) is 8.44. The molecular formula is C7H11FOP2Pd. The number of benzene rings is 1. The summed E-state index contributed by atoms with van der Waals surface area (Å²) in [6, 6.07) is 8.90. The quantitative estimate of drug-likeness (QED) is 0.438. The van der Waals surface area contributed by atoms with Crippen LogP contribution in [0.4, 0.5) is 3.22 Å². The maximum atomic E-state index is 9.88. The second-order valence-corrected chi connectivity index (χ2v) is 1.47. The van der Waals surface area contributed by atoms with E-state index in [0.717, 1.165) is 0 Å². The van der Waals surface area contributed by atoms with Crippen molar-refractivity contribution in [2.24, 2.45) is 0 Å². The Morgan fingerprint density at radius 2 is 1.50 bits per heavy atom. The Labute approximate surface area is 89.8 Å². The van der Waals surface area contributed by atoms with E-state index < -0.39 is 0 Å². The van der Waals surface area contributed by atoms with Crippen molar-refractivity contribution >= 4 is 26.1 Å². The zero-order valence-corrected chi connectivity index (χ0v) is 10.8. The molecule has 0 aromatic heterocycles. The fourth-order valence-corrected chi connectivity index (χ4v) is 0.506. The van der Waals surface area contributed by atoms with Gasteiger partial charge in [-0.1, -0.05) is 6.07 Å². The van der Waals surface area contributed by atoms with E-state index in [1.165, 1.54) is 19.7 Å². The molecule has 2 unspecified atom stereocenters. The van der Waals surface area contributed by atoms with E-state index in [0.29, 0.717) is 5.56 Å². The standard InChI is InChI=1S/C7H5O.FH.2H3P.Pd/c8-6-7-4-2-1-3-5-7;;;;/h1-5H;1H;2*1H3;/q-1;;;;+2/p-1. The summed E-state index contributed by atoms with van der Waals surface area (Å²) in [5.74, 6) is 0. The molecule has 0 N–H and O–H groups in total. The third-order valence-electron chi connectivity index (χ3n) is 0.892. The Morgan fingerprint density at radius 1 is 1.08 bits per heavy atom. The van der Waals surface area contributed by atoms with Gasteiger partial charge in [0, 0.05) is 0 Å². The van der Waals surface area contributed by atoms with Crippen molar-refractivity contribution in [2.75, 3.05) is 0 Å². The molecule has 0 aliphatic rings. The SMILES string of the molecule is O=[C-]c1ccccc1.P.P.[F][Pd+]. The summed E-state index contributed by atoms with van der Waals surface area (Å²) >= 11 is 1.25. The maximum absolute atomic E-state index is 9.88. The summed E-state index contributed by atoms with van der Waals surface area (Å²) in [6.07, 6.45) is 1.78. The molecule has 5 heteroatoms. The van der Waals surface area contributed by atoms with Gasteiger partial charge < -0.3 is 4.79 Å². The molecule has 1 aromatic carbocycles. The summed E-state index contributed by atoms with van der Waals surface area (Å²) in [7, 11) is 0. The van der Waals surface area contributed by atoms with Crippen LogP contribution >= 0.6 is 19.8 Å². The first-order chi connectivity index (χ1) is 4.93. The summed E-state index contributed by atoms with van der Waals surface area (Å²) in [5, 5.41) is 0. The molecule has 0 amide bonds. The van der Waals surface area contributed by atoms with Crippen LogP contribution < -0.4 is 0 Å². The average Bonchev–Trinajstić information content (AvgIpc) is 2.10. The van der Waals surface area contributed by atoms with E-state index in [1.807, 2.05) is 6.07 Å². The van der Waals surface area contributed by atoms with Crippen molar-refractivity contribution in [2.45, 2.75) is 0 Å². The molecular weight excluding hydrogens is 287 g/mol. The van der Waals surface area contributed by atoms with Gasteiger partial charge in [-0.15, -0.1) is 12.1 Å². The summed E-state index contributed by atoms with van der Waals surface area (Å²) in [4.78, 5) is 9.88. The Morgan fingerprint density at radius 3 is 1.75 bits per heavy atom. The van der Waals surface area contributed by atoms with Crippen molar-refractivity contribution in [1.29, 1.82) is 0 Å². The molecule has 0 radical (unpaired) electrons. The first-order valence-electron chi connectivity index (χ1n) is 2.48. The Kier molecular flexibility index (Phi) is 21.1. The molecule has 0 heterocycles. The summed E-state index contributed by atoms with van der Waals surface area (Å²) in [5.41, 5.74) is 0.604. The fourth-order valence-electron chi connectivity index (χ4n) is 0.506. The second-order valence-electron chi connectivity index (χ2n) is 1.47. The van der Waals surface area contributed by atoms with Gasteiger partial charge in [-0.05, 0) is 0 Å². The van der Waals surface area contributed by atoms with Gasteiger partial charge in [-0.2, -0.15) is 37.5 Å². The molecule has 2 atom stereocenters. The second kappa shape index (κ2) is 13.9. The molecule has 1 aromatic rings. The number of hydrogen-bond donors (Lipinski definition) is 0. The van der Waals surface area contributed by atoms with Crippen molar-refractivity contribution in [1.82, 2.24) is 0 Å². The number of hydrogen-bond acceptors (Lipinski definition) is 1. The first kappa shape index (κ1) is 18.2. The van der Waals surface area contributed by atoms with Crippen molar-refractivity contribution in [3.63, 3.8) is 0 Å².